The molecule has 8 heteroatoms. The minimum Gasteiger partial charge on any atom is -0.478 e. The molecule has 2 N–H and O–H groups in total. The normalized spacial score (nSPS) is 10.5. The number of carbonyl (C=O) groups is 2. The van der Waals surface area contributed by atoms with Crippen LogP contribution in [0.25, 0.3) is 0 Å². The maximum atomic E-state index is 12.4. The number of carboxylic acid groups (broad SMARTS) is 1. The van der Waals surface area contributed by atoms with E-state index in [0.29, 0.717) is 6.42 Å². The molecule has 0 radical (unpaired) electrons. The van der Waals surface area contributed by atoms with Crippen molar-refractivity contribution in [3.63, 3.8) is 0 Å². The van der Waals surface area contributed by atoms with Crippen LogP contribution in [0.2, 0.25) is 20.1 Å². The van der Waals surface area contributed by atoms with E-state index in [2.05, 4.69) is 5.32 Å². The number of benzene rings is 2. The molecule has 0 unspecified atom stereocenters. The highest BCUT2D eigenvalue weighted by Crippen LogP contribution is 2.41. The van der Waals surface area contributed by atoms with Crippen LogP contribution >= 0.6 is 46.4 Å². The quantitative estimate of drug-likeness (QED) is 0.544. The lowest BCUT2D eigenvalue weighted by atomic mass is 10.1. The molecule has 0 bridgehead atoms. The number of hydrogen-bond donors (Lipinski definition) is 2. The molecule has 0 heterocycles. The molecule has 0 saturated heterocycles. The Morgan fingerprint density at radius 2 is 1.42 bits per heavy atom. The highest BCUT2D eigenvalue weighted by molar-refractivity contribution is 6.54. The van der Waals surface area contributed by atoms with Crippen molar-refractivity contribution >= 4 is 58.3 Å². The first-order valence-corrected chi connectivity index (χ1v) is 8.27. The first-order valence-electron chi connectivity index (χ1n) is 6.76. The lowest BCUT2D eigenvalue weighted by Crippen LogP contribution is -2.28. The summed E-state index contributed by atoms with van der Waals surface area (Å²) in [6.07, 6.45) is 0.571. The van der Waals surface area contributed by atoms with Crippen molar-refractivity contribution in [2.75, 3.05) is 6.54 Å². The van der Waals surface area contributed by atoms with Crippen LogP contribution in [0.4, 0.5) is 0 Å². The van der Waals surface area contributed by atoms with E-state index in [1.54, 1.807) is 0 Å². The van der Waals surface area contributed by atoms with Gasteiger partial charge in [0, 0.05) is 6.54 Å². The van der Waals surface area contributed by atoms with Crippen LogP contribution in [-0.4, -0.2) is 23.5 Å². The Morgan fingerprint density at radius 1 is 0.875 bits per heavy atom. The van der Waals surface area contributed by atoms with Crippen molar-refractivity contribution in [2.45, 2.75) is 6.42 Å². The summed E-state index contributed by atoms with van der Waals surface area (Å²) in [5.74, 6) is -2.11. The minimum absolute atomic E-state index is 0.165. The van der Waals surface area contributed by atoms with Crippen molar-refractivity contribution < 1.29 is 14.7 Å². The van der Waals surface area contributed by atoms with Crippen LogP contribution in [0.1, 0.15) is 26.3 Å². The monoisotopic (exact) mass is 405 g/mol. The molecular weight excluding hydrogens is 396 g/mol. The van der Waals surface area contributed by atoms with E-state index < -0.39 is 17.4 Å². The summed E-state index contributed by atoms with van der Waals surface area (Å²) in [6, 6.07) is 9.49. The van der Waals surface area contributed by atoms with E-state index in [-0.39, 0.29) is 32.2 Å². The highest BCUT2D eigenvalue weighted by Gasteiger charge is 2.28. The number of halogens is 4. The first-order chi connectivity index (χ1) is 11.3. The van der Waals surface area contributed by atoms with Gasteiger partial charge in [-0.05, 0) is 12.0 Å². The van der Waals surface area contributed by atoms with E-state index >= 15 is 0 Å². The number of amides is 1. The van der Waals surface area contributed by atoms with Gasteiger partial charge in [0.2, 0.25) is 0 Å². The zero-order chi connectivity index (χ0) is 17.9. The average molecular weight is 407 g/mol. The van der Waals surface area contributed by atoms with Crippen molar-refractivity contribution in [3.8, 4) is 0 Å². The van der Waals surface area contributed by atoms with Crippen molar-refractivity contribution in [1.29, 1.82) is 0 Å². The Morgan fingerprint density at radius 3 is 1.96 bits per heavy atom. The fraction of sp³-hybridized carbons (Fsp3) is 0.125. The predicted octanol–water partition coefficient (Wildman–Crippen LogP) is 4.97. The molecule has 0 fully saturated rings. The van der Waals surface area contributed by atoms with Crippen molar-refractivity contribution in [1.82, 2.24) is 5.32 Å². The van der Waals surface area contributed by atoms with E-state index in [4.69, 9.17) is 46.4 Å². The van der Waals surface area contributed by atoms with Crippen LogP contribution in [0, 0.1) is 0 Å². The van der Waals surface area contributed by atoms with Crippen LogP contribution in [0.3, 0.4) is 0 Å². The van der Waals surface area contributed by atoms with Gasteiger partial charge in [-0.25, -0.2) is 4.79 Å². The smallest absolute Gasteiger partial charge is 0.338 e. The maximum absolute atomic E-state index is 12.4. The van der Waals surface area contributed by atoms with Gasteiger partial charge in [-0.3, -0.25) is 4.79 Å². The summed E-state index contributed by atoms with van der Waals surface area (Å²) in [6.45, 7) is 0.288. The fourth-order valence-electron chi connectivity index (χ4n) is 2.10. The van der Waals surface area contributed by atoms with Crippen LogP contribution < -0.4 is 5.32 Å². The first kappa shape index (κ1) is 18.9. The standard InChI is InChI=1S/C16H11Cl4NO3/c17-11-9(10(16(23)24)12(18)14(20)13(11)19)15(22)21-7-6-8-4-2-1-3-5-8/h1-5H,6-7H2,(H,21,22)(H,23,24). The molecule has 0 aliphatic carbocycles. The molecule has 126 valence electrons. The van der Waals surface area contributed by atoms with Crippen LogP contribution in [0.5, 0.6) is 0 Å². The molecule has 0 saturated carbocycles. The molecule has 1 amide bonds. The van der Waals surface area contributed by atoms with Gasteiger partial charge in [-0.15, -0.1) is 0 Å². The summed E-state index contributed by atoms with van der Waals surface area (Å²) in [5.41, 5.74) is 0.236. The molecule has 0 spiro atoms. The average Bonchev–Trinajstić information content (AvgIpc) is 2.56. The zero-order valence-corrected chi connectivity index (χ0v) is 15.1. The number of nitrogens with one attached hydrogen (secondary N) is 1. The summed E-state index contributed by atoms with van der Waals surface area (Å²) in [4.78, 5) is 23.8. The third-order valence-electron chi connectivity index (χ3n) is 3.25. The zero-order valence-electron chi connectivity index (χ0n) is 12.1. The minimum atomic E-state index is -1.42. The van der Waals surface area contributed by atoms with Gasteiger partial charge in [0.15, 0.2) is 0 Å². The topological polar surface area (TPSA) is 66.4 Å². The Hall–Kier alpha value is -1.46. The summed E-state index contributed by atoms with van der Waals surface area (Å²) in [7, 11) is 0. The molecule has 2 rings (SSSR count). The Kier molecular flexibility index (Phi) is 6.35. The Balaban J connectivity index is 2.27. The molecule has 0 aliphatic heterocycles. The second kappa shape index (κ2) is 8.08. The molecule has 0 aromatic heterocycles. The van der Waals surface area contributed by atoms with E-state index in [9.17, 15) is 14.7 Å². The number of carboxylic acids is 1. The summed E-state index contributed by atoms with van der Waals surface area (Å²) in [5, 5.41) is 11.0. The SMILES string of the molecule is O=C(O)c1c(Cl)c(Cl)c(Cl)c(Cl)c1C(=O)NCCc1ccccc1. The molecule has 4 nitrogen and oxygen atoms in total. The third kappa shape index (κ3) is 3.95. The van der Waals surface area contributed by atoms with Crippen molar-refractivity contribution in [3.05, 3.63) is 67.1 Å². The Labute approximate surface area is 158 Å². The predicted molar refractivity (Wildman–Crippen MR) is 95.9 cm³/mol. The maximum Gasteiger partial charge on any atom is 0.338 e. The van der Waals surface area contributed by atoms with Gasteiger partial charge in [0.1, 0.15) is 0 Å². The highest BCUT2D eigenvalue weighted by atomic mass is 35.5. The van der Waals surface area contributed by atoms with Gasteiger partial charge >= 0.3 is 5.97 Å². The van der Waals surface area contributed by atoms with Crippen molar-refractivity contribution in [2.24, 2.45) is 0 Å². The molecular formula is C16H11Cl4NO3. The second-order valence-electron chi connectivity index (χ2n) is 4.80. The van der Waals surface area contributed by atoms with Gasteiger partial charge in [-0.2, -0.15) is 0 Å². The summed E-state index contributed by atoms with van der Waals surface area (Å²) >= 11 is 23.7. The van der Waals surface area contributed by atoms with Crippen LogP contribution in [-0.2, 0) is 6.42 Å². The number of rotatable bonds is 5. The van der Waals surface area contributed by atoms with Gasteiger partial charge < -0.3 is 10.4 Å². The number of carbonyl (C=O) groups excluding carboxylic acids is 1. The van der Waals surface area contributed by atoms with Gasteiger partial charge in [0.25, 0.3) is 5.91 Å². The second-order valence-corrected chi connectivity index (χ2v) is 6.31. The molecule has 24 heavy (non-hydrogen) atoms. The third-order valence-corrected chi connectivity index (χ3v) is 5.05. The molecule has 2 aromatic carbocycles. The van der Waals surface area contributed by atoms with Gasteiger partial charge in [0.05, 0.1) is 31.2 Å². The van der Waals surface area contributed by atoms with E-state index in [1.165, 1.54) is 0 Å². The molecule has 2 aromatic rings. The molecule has 0 aliphatic rings. The van der Waals surface area contributed by atoms with Crippen LogP contribution in [0.15, 0.2) is 30.3 Å². The lowest BCUT2D eigenvalue weighted by Gasteiger charge is -2.14. The lowest BCUT2D eigenvalue weighted by molar-refractivity contribution is 0.0691. The van der Waals surface area contributed by atoms with E-state index in [1.807, 2.05) is 30.3 Å². The summed E-state index contributed by atoms with van der Waals surface area (Å²) < 4.78 is 0. The fourth-order valence-corrected chi connectivity index (χ4v) is 3.12. The number of aromatic carboxylic acids is 1. The van der Waals surface area contributed by atoms with E-state index in [0.717, 1.165) is 5.56 Å². The van der Waals surface area contributed by atoms with Gasteiger partial charge in [-0.1, -0.05) is 76.7 Å². The largest absolute Gasteiger partial charge is 0.478 e. The Bertz CT molecular complexity index is 794. The molecule has 0 atom stereocenters. The number of hydrogen-bond acceptors (Lipinski definition) is 2.